The summed E-state index contributed by atoms with van der Waals surface area (Å²) in [6.45, 7) is 3.41. The van der Waals surface area contributed by atoms with Crippen LogP contribution in [-0.2, 0) is 19.3 Å². The predicted molar refractivity (Wildman–Crippen MR) is 150 cm³/mol. The highest BCUT2D eigenvalue weighted by Crippen LogP contribution is 2.36. The molecule has 1 aliphatic heterocycles. The average molecular weight is 547 g/mol. The molecule has 1 aliphatic rings. The van der Waals surface area contributed by atoms with Crippen molar-refractivity contribution in [3.05, 3.63) is 107 Å². The first-order valence-electron chi connectivity index (χ1n) is 12.9. The highest BCUT2D eigenvalue weighted by atomic mass is 19.4. The summed E-state index contributed by atoms with van der Waals surface area (Å²) in [5, 5.41) is 6.15. The Kier molecular flexibility index (Phi) is 7.64. The molecule has 0 fully saturated rings. The molecule has 6 nitrogen and oxygen atoms in total. The number of benzene rings is 3. The van der Waals surface area contributed by atoms with Gasteiger partial charge in [-0.3, -0.25) is 4.79 Å². The minimum atomic E-state index is -4.43. The lowest BCUT2D eigenvalue weighted by Crippen LogP contribution is -2.34. The van der Waals surface area contributed by atoms with Crippen LogP contribution in [0.15, 0.2) is 79.0 Å². The van der Waals surface area contributed by atoms with Crippen LogP contribution in [0.3, 0.4) is 0 Å². The Morgan fingerprint density at radius 2 is 1.77 bits per heavy atom. The Labute approximate surface area is 230 Å². The maximum absolute atomic E-state index is 13.7. The van der Waals surface area contributed by atoms with Crippen LogP contribution < -0.4 is 20.3 Å². The summed E-state index contributed by atoms with van der Waals surface area (Å²) >= 11 is 0. The Balaban J connectivity index is 1.32. The number of alkyl halides is 3. The summed E-state index contributed by atoms with van der Waals surface area (Å²) in [6.07, 6.45) is -2.70. The smallest absolute Gasteiger partial charge is 0.416 e. The molecule has 0 spiro atoms. The van der Waals surface area contributed by atoms with Gasteiger partial charge in [0.1, 0.15) is 11.6 Å². The number of carbonyl (C=O) groups is 1. The Morgan fingerprint density at radius 3 is 2.48 bits per heavy atom. The van der Waals surface area contributed by atoms with E-state index in [1.54, 1.807) is 38.4 Å². The first-order valence-corrected chi connectivity index (χ1v) is 12.9. The molecule has 5 rings (SSSR count). The van der Waals surface area contributed by atoms with Gasteiger partial charge in [-0.1, -0.05) is 42.0 Å². The van der Waals surface area contributed by atoms with E-state index in [-0.39, 0.29) is 18.0 Å². The zero-order chi connectivity index (χ0) is 28.3. The van der Waals surface area contributed by atoms with Gasteiger partial charge in [0.15, 0.2) is 0 Å². The molecular formula is C31H29F3N4O2. The molecule has 3 aromatic carbocycles. The molecule has 1 aromatic heterocycles. The molecule has 0 saturated carbocycles. The number of nitrogens with zero attached hydrogens (tertiary/aromatic N) is 2. The van der Waals surface area contributed by atoms with Crippen LogP contribution in [0.4, 0.5) is 24.7 Å². The summed E-state index contributed by atoms with van der Waals surface area (Å²) < 4.78 is 46.2. The van der Waals surface area contributed by atoms with Crippen LogP contribution in [0.1, 0.15) is 32.6 Å². The summed E-state index contributed by atoms with van der Waals surface area (Å²) in [6, 6.07) is 20.8. The third-order valence-corrected chi connectivity index (χ3v) is 6.90. The van der Waals surface area contributed by atoms with Gasteiger partial charge >= 0.3 is 6.18 Å². The zero-order valence-electron chi connectivity index (χ0n) is 22.2. The standard InChI is InChI=1S/C31H29F3N4O2/c1-20-3-12-27(31(32,33)34)25(15-20)19-38-14-13-35-29-28(38)16-24(18-36-29)22-6-8-23(9-7-22)30(39)37-17-21-4-10-26(40-2)11-5-21/h3-12,15-16,18H,13-14,17,19H2,1-2H3,(H,35,36)(H,37,39). The van der Waals surface area contributed by atoms with Gasteiger partial charge in [0, 0.05) is 43.5 Å². The Bertz CT molecular complexity index is 1500. The number of hydrogen-bond donors (Lipinski definition) is 2. The van der Waals surface area contributed by atoms with E-state index in [2.05, 4.69) is 15.6 Å². The van der Waals surface area contributed by atoms with E-state index >= 15 is 0 Å². The third kappa shape index (κ3) is 6.03. The monoisotopic (exact) mass is 546 g/mol. The molecule has 0 saturated heterocycles. The predicted octanol–water partition coefficient (Wildman–Crippen LogP) is 6.45. The van der Waals surface area contributed by atoms with Crippen molar-refractivity contribution in [1.82, 2.24) is 10.3 Å². The van der Waals surface area contributed by atoms with E-state index in [0.717, 1.165) is 39.8 Å². The number of anilines is 2. The lowest BCUT2D eigenvalue weighted by atomic mass is 10.0. The molecular weight excluding hydrogens is 517 g/mol. The molecule has 2 heterocycles. The van der Waals surface area contributed by atoms with Crippen molar-refractivity contribution < 1.29 is 22.7 Å². The second-order valence-electron chi connectivity index (χ2n) is 9.71. The van der Waals surface area contributed by atoms with Gasteiger partial charge in [0.05, 0.1) is 18.4 Å². The summed E-state index contributed by atoms with van der Waals surface area (Å²) in [5.41, 5.74) is 4.25. The van der Waals surface area contributed by atoms with Gasteiger partial charge in [-0.2, -0.15) is 13.2 Å². The van der Waals surface area contributed by atoms with Crippen LogP contribution in [0, 0.1) is 6.92 Å². The quantitative estimate of drug-likeness (QED) is 0.279. The second kappa shape index (κ2) is 11.3. The first-order chi connectivity index (χ1) is 19.2. The largest absolute Gasteiger partial charge is 0.497 e. The summed E-state index contributed by atoms with van der Waals surface area (Å²) in [4.78, 5) is 19.1. The zero-order valence-corrected chi connectivity index (χ0v) is 22.2. The topological polar surface area (TPSA) is 66.5 Å². The van der Waals surface area contributed by atoms with E-state index in [9.17, 15) is 18.0 Å². The highest BCUT2D eigenvalue weighted by molar-refractivity contribution is 5.94. The van der Waals surface area contributed by atoms with Crippen molar-refractivity contribution >= 4 is 17.4 Å². The number of methoxy groups -OCH3 is 1. The van der Waals surface area contributed by atoms with E-state index in [4.69, 9.17) is 4.74 Å². The maximum atomic E-state index is 13.7. The van der Waals surface area contributed by atoms with Crippen LogP contribution >= 0.6 is 0 Å². The Hall–Kier alpha value is -4.53. The van der Waals surface area contributed by atoms with Gasteiger partial charge in [-0.15, -0.1) is 0 Å². The molecule has 0 unspecified atom stereocenters. The van der Waals surface area contributed by atoms with Crippen molar-refractivity contribution in [1.29, 1.82) is 0 Å². The van der Waals surface area contributed by atoms with Gasteiger partial charge in [0.2, 0.25) is 0 Å². The molecule has 9 heteroatoms. The molecule has 2 N–H and O–H groups in total. The number of rotatable bonds is 7. The first kappa shape index (κ1) is 27.1. The van der Waals surface area contributed by atoms with Crippen LogP contribution in [0.2, 0.25) is 0 Å². The third-order valence-electron chi connectivity index (χ3n) is 6.90. The number of fused-ring (bicyclic) bond motifs is 1. The summed E-state index contributed by atoms with van der Waals surface area (Å²) in [5.74, 6) is 1.19. The van der Waals surface area contributed by atoms with E-state index in [0.29, 0.717) is 31.0 Å². The normalized spacial score (nSPS) is 12.9. The molecule has 0 radical (unpaired) electrons. The van der Waals surface area contributed by atoms with E-state index in [1.807, 2.05) is 47.4 Å². The van der Waals surface area contributed by atoms with Gasteiger partial charge in [0.25, 0.3) is 5.91 Å². The van der Waals surface area contributed by atoms with Crippen molar-refractivity contribution in [2.45, 2.75) is 26.2 Å². The number of ether oxygens (including phenoxy) is 1. The summed E-state index contributed by atoms with van der Waals surface area (Å²) in [7, 11) is 1.60. The average Bonchev–Trinajstić information content (AvgIpc) is 2.95. The molecule has 206 valence electrons. The number of amides is 1. The van der Waals surface area contributed by atoms with Gasteiger partial charge in [-0.05, 0) is 60.0 Å². The fraction of sp³-hybridized carbons (Fsp3) is 0.226. The van der Waals surface area contributed by atoms with Crippen molar-refractivity contribution in [3.63, 3.8) is 0 Å². The van der Waals surface area contributed by atoms with Gasteiger partial charge in [-0.25, -0.2) is 4.98 Å². The lowest BCUT2D eigenvalue weighted by Gasteiger charge is -2.32. The number of halogens is 3. The molecule has 0 atom stereocenters. The number of hydrogen-bond acceptors (Lipinski definition) is 5. The molecule has 4 aromatic rings. The number of carbonyl (C=O) groups excluding carboxylic acids is 1. The Morgan fingerprint density at radius 1 is 1.02 bits per heavy atom. The lowest BCUT2D eigenvalue weighted by molar-refractivity contribution is -0.138. The van der Waals surface area contributed by atoms with E-state index in [1.165, 1.54) is 6.07 Å². The minimum Gasteiger partial charge on any atom is -0.497 e. The number of nitrogens with one attached hydrogen (secondary N) is 2. The maximum Gasteiger partial charge on any atom is 0.416 e. The van der Waals surface area contributed by atoms with Crippen molar-refractivity contribution in [2.75, 3.05) is 30.4 Å². The van der Waals surface area contributed by atoms with Crippen molar-refractivity contribution in [3.8, 4) is 16.9 Å². The fourth-order valence-electron chi connectivity index (χ4n) is 4.76. The van der Waals surface area contributed by atoms with Crippen molar-refractivity contribution in [2.24, 2.45) is 0 Å². The molecule has 40 heavy (non-hydrogen) atoms. The second-order valence-corrected chi connectivity index (χ2v) is 9.71. The number of pyridine rings is 1. The number of aromatic nitrogens is 1. The van der Waals surface area contributed by atoms with Crippen LogP contribution in [0.5, 0.6) is 5.75 Å². The minimum absolute atomic E-state index is 0.115. The van der Waals surface area contributed by atoms with E-state index < -0.39 is 11.7 Å². The molecule has 0 aliphatic carbocycles. The molecule has 1 amide bonds. The molecule has 0 bridgehead atoms. The van der Waals surface area contributed by atoms with Crippen LogP contribution in [0.25, 0.3) is 11.1 Å². The van der Waals surface area contributed by atoms with Gasteiger partial charge < -0.3 is 20.3 Å². The SMILES string of the molecule is COc1ccc(CNC(=O)c2ccc(-c3cnc4c(c3)N(Cc3cc(C)ccc3C(F)(F)F)CCN4)cc2)cc1. The highest BCUT2D eigenvalue weighted by Gasteiger charge is 2.34. The van der Waals surface area contributed by atoms with Crippen LogP contribution in [-0.4, -0.2) is 31.1 Å². The number of aryl methyl sites for hydroxylation is 1. The fourth-order valence-corrected chi connectivity index (χ4v) is 4.76.